The number of likely N-dealkylation sites (tertiary alicyclic amines) is 2. The van der Waals surface area contributed by atoms with Gasteiger partial charge >= 0.3 is 5.97 Å². The zero-order valence-electron chi connectivity index (χ0n) is 12.4. The second-order valence-electron chi connectivity index (χ2n) is 6.19. The third-order valence-corrected chi connectivity index (χ3v) is 4.88. The predicted octanol–water partition coefficient (Wildman–Crippen LogP) is 1.58. The van der Waals surface area contributed by atoms with Crippen molar-refractivity contribution in [2.75, 3.05) is 32.7 Å². The Balaban J connectivity index is 1.88. The molecule has 2 aliphatic rings. The molecule has 0 aromatic rings. The fourth-order valence-corrected chi connectivity index (χ4v) is 3.32. The number of hydrogen-bond acceptors (Lipinski definition) is 3. The Labute approximate surface area is 120 Å². The number of amides is 1. The summed E-state index contributed by atoms with van der Waals surface area (Å²) in [7, 11) is 0. The molecule has 0 aliphatic carbocycles. The van der Waals surface area contributed by atoms with Crippen LogP contribution in [0.2, 0.25) is 0 Å². The molecule has 20 heavy (non-hydrogen) atoms. The summed E-state index contributed by atoms with van der Waals surface area (Å²) >= 11 is 0. The Morgan fingerprint density at radius 2 is 1.75 bits per heavy atom. The van der Waals surface area contributed by atoms with Gasteiger partial charge in [-0.1, -0.05) is 19.8 Å². The average molecular weight is 282 g/mol. The van der Waals surface area contributed by atoms with Crippen LogP contribution in [0.15, 0.2) is 0 Å². The number of carbonyl (C=O) groups excluding carboxylic acids is 1. The minimum atomic E-state index is -0.718. The van der Waals surface area contributed by atoms with Crippen molar-refractivity contribution in [3.63, 3.8) is 0 Å². The van der Waals surface area contributed by atoms with Crippen molar-refractivity contribution in [2.45, 2.75) is 45.4 Å². The van der Waals surface area contributed by atoms with Crippen molar-refractivity contribution >= 4 is 11.9 Å². The Morgan fingerprint density at radius 1 is 1.10 bits per heavy atom. The van der Waals surface area contributed by atoms with Crippen LogP contribution in [0.3, 0.4) is 0 Å². The van der Waals surface area contributed by atoms with Crippen molar-refractivity contribution in [1.29, 1.82) is 0 Å². The maximum Gasteiger partial charge on any atom is 0.310 e. The van der Waals surface area contributed by atoms with Crippen LogP contribution in [0.25, 0.3) is 0 Å². The van der Waals surface area contributed by atoms with Crippen LogP contribution in [-0.2, 0) is 9.59 Å². The van der Waals surface area contributed by atoms with E-state index in [1.165, 1.54) is 12.8 Å². The van der Waals surface area contributed by atoms with Crippen molar-refractivity contribution in [2.24, 2.45) is 5.41 Å². The standard InChI is InChI=1S/C15H26N2O3/c1-2-15(14(19)20)7-10-16(12-15)11-13(18)17-8-5-3-4-6-9-17/h2-12H2,1H3,(H,19,20). The highest BCUT2D eigenvalue weighted by atomic mass is 16.4. The second-order valence-corrected chi connectivity index (χ2v) is 6.19. The number of carbonyl (C=O) groups is 2. The van der Waals surface area contributed by atoms with Crippen LogP contribution >= 0.6 is 0 Å². The van der Waals surface area contributed by atoms with Crippen molar-refractivity contribution < 1.29 is 14.7 Å². The molecule has 0 radical (unpaired) electrons. The summed E-state index contributed by atoms with van der Waals surface area (Å²) in [4.78, 5) is 27.7. The summed E-state index contributed by atoms with van der Waals surface area (Å²) in [5, 5.41) is 9.38. The Hall–Kier alpha value is -1.10. The van der Waals surface area contributed by atoms with Gasteiger partial charge in [0.1, 0.15) is 0 Å². The topological polar surface area (TPSA) is 60.9 Å². The molecule has 1 unspecified atom stereocenters. The first-order valence-corrected chi connectivity index (χ1v) is 7.81. The van der Waals surface area contributed by atoms with Crippen molar-refractivity contribution in [3.8, 4) is 0 Å². The minimum absolute atomic E-state index is 0.171. The third-order valence-electron chi connectivity index (χ3n) is 4.88. The number of carboxylic acid groups (broad SMARTS) is 1. The molecule has 1 N–H and O–H groups in total. The van der Waals surface area contributed by atoms with Crippen molar-refractivity contribution in [1.82, 2.24) is 9.80 Å². The molecule has 5 nitrogen and oxygen atoms in total. The fourth-order valence-electron chi connectivity index (χ4n) is 3.32. The summed E-state index contributed by atoms with van der Waals surface area (Å²) in [6, 6.07) is 0. The maximum absolute atomic E-state index is 12.3. The molecule has 0 aromatic heterocycles. The quantitative estimate of drug-likeness (QED) is 0.850. The highest BCUT2D eigenvalue weighted by molar-refractivity contribution is 5.79. The van der Waals surface area contributed by atoms with E-state index >= 15 is 0 Å². The number of aliphatic carboxylic acids is 1. The van der Waals surface area contributed by atoms with E-state index in [0.29, 0.717) is 25.9 Å². The van der Waals surface area contributed by atoms with E-state index < -0.39 is 11.4 Å². The van der Waals surface area contributed by atoms with E-state index in [1.54, 1.807) is 0 Å². The van der Waals surface area contributed by atoms with E-state index in [0.717, 1.165) is 32.5 Å². The van der Waals surface area contributed by atoms with E-state index in [4.69, 9.17) is 0 Å². The van der Waals surface area contributed by atoms with Gasteiger partial charge in [0.25, 0.3) is 0 Å². The molecule has 5 heteroatoms. The molecule has 2 aliphatic heterocycles. The van der Waals surface area contributed by atoms with Crippen LogP contribution in [-0.4, -0.2) is 59.5 Å². The minimum Gasteiger partial charge on any atom is -0.481 e. The van der Waals surface area contributed by atoms with Crippen LogP contribution in [0.4, 0.5) is 0 Å². The number of nitrogens with zero attached hydrogens (tertiary/aromatic N) is 2. The van der Waals surface area contributed by atoms with E-state index in [2.05, 4.69) is 0 Å². The largest absolute Gasteiger partial charge is 0.481 e. The zero-order chi connectivity index (χ0) is 14.6. The van der Waals surface area contributed by atoms with Crippen LogP contribution in [0.5, 0.6) is 0 Å². The average Bonchev–Trinajstić information content (AvgIpc) is 2.67. The van der Waals surface area contributed by atoms with Crippen LogP contribution < -0.4 is 0 Å². The Morgan fingerprint density at radius 3 is 2.25 bits per heavy atom. The third kappa shape index (κ3) is 3.32. The predicted molar refractivity (Wildman–Crippen MR) is 76.5 cm³/mol. The molecule has 0 spiro atoms. The SMILES string of the molecule is CCC1(C(=O)O)CCN(CC(=O)N2CCCCCC2)C1. The number of carboxylic acids is 1. The van der Waals surface area contributed by atoms with Crippen LogP contribution in [0.1, 0.15) is 45.4 Å². The summed E-state index contributed by atoms with van der Waals surface area (Å²) < 4.78 is 0. The molecular formula is C15H26N2O3. The summed E-state index contributed by atoms with van der Waals surface area (Å²) in [5.74, 6) is -0.547. The van der Waals surface area contributed by atoms with E-state index in [9.17, 15) is 14.7 Å². The molecule has 2 rings (SSSR count). The highest BCUT2D eigenvalue weighted by Gasteiger charge is 2.43. The van der Waals surface area contributed by atoms with Gasteiger partial charge in [0.2, 0.25) is 5.91 Å². The highest BCUT2D eigenvalue weighted by Crippen LogP contribution is 2.34. The fraction of sp³-hybridized carbons (Fsp3) is 0.867. The molecular weight excluding hydrogens is 256 g/mol. The lowest BCUT2D eigenvalue weighted by Crippen LogP contribution is -2.41. The van der Waals surface area contributed by atoms with Gasteiger partial charge in [0.05, 0.1) is 12.0 Å². The molecule has 2 fully saturated rings. The van der Waals surface area contributed by atoms with Gasteiger partial charge in [-0.15, -0.1) is 0 Å². The van der Waals surface area contributed by atoms with Crippen LogP contribution in [0, 0.1) is 5.41 Å². The summed E-state index contributed by atoms with van der Waals surface area (Å²) in [6.45, 7) is 5.27. The van der Waals surface area contributed by atoms with E-state index in [1.807, 2.05) is 16.7 Å². The molecule has 0 saturated carbocycles. The molecule has 114 valence electrons. The first kappa shape index (κ1) is 15.3. The smallest absolute Gasteiger partial charge is 0.310 e. The van der Waals surface area contributed by atoms with E-state index in [-0.39, 0.29) is 5.91 Å². The monoisotopic (exact) mass is 282 g/mol. The second kappa shape index (κ2) is 6.57. The molecule has 2 heterocycles. The lowest BCUT2D eigenvalue weighted by molar-refractivity contribution is -0.148. The molecule has 0 bridgehead atoms. The van der Waals surface area contributed by atoms with Gasteiger partial charge in [-0.3, -0.25) is 14.5 Å². The van der Waals surface area contributed by atoms with Gasteiger partial charge in [0, 0.05) is 19.6 Å². The molecule has 0 aromatic carbocycles. The van der Waals surface area contributed by atoms with Gasteiger partial charge in [-0.05, 0) is 32.2 Å². The van der Waals surface area contributed by atoms with Crippen molar-refractivity contribution in [3.05, 3.63) is 0 Å². The Kier molecular flexibility index (Phi) is 5.02. The van der Waals surface area contributed by atoms with Gasteiger partial charge < -0.3 is 10.0 Å². The summed E-state index contributed by atoms with van der Waals surface area (Å²) in [6.07, 6.45) is 5.92. The van der Waals surface area contributed by atoms with Gasteiger partial charge in [0.15, 0.2) is 0 Å². The maximum atomic E-state index is 12.3. The molecule has 1 amide bonds. The van der Waals surface area contributed by atoms with Gasteiger partial charge in [-0.2, -0.15) is 0 Å². The number of hydrogen-bond donors (Lipinski definition) is 1. The summed E-state index contributed by atoms with van der Waals surface area (Å²) in [5.41, 5.74) is -0.640. The zero-order valence-corrected chi connectivity index (χ0v) is 12.4. The normalized spacial score (nSPS) is 28.4. The first-order valence-electron chi connectivity index (χ1n) is 7.81. The van der Waals surface area contributed by atoms with Gasteiger partial charge in [-0.25, -0.2) is 0 Å². The first-order chi connectivity index (χ1) is 9.57. The molecule has 1 atom stereocenters. The lowest BCUT2D eigenvalue weighted by Gasteiger charge is -2.25. The molecule has 2 saturated heterocycles. The number of rotatable bonds is 4. The Bertz CT molecular complexity index is 364. The lowest BCUT2D eigenvalue weighted by atomic mass is 9.84.